The lowest BCUT2D eigenvalue weighted by atomic mass is 9.95. The topological polar surface area (TPSA) is 58.2 Å². The number of rotatable bonds is 6. The molecule has 1 aliphatic rings. The van der Waals surface area contributed by atoms with Crippen LogP contribution in [0, 0.1) is 0 Å². The lowest BCUT2D eigenvalue weighted by Gasteiger charge is -2.26. The third-order valence-electron chi connectivity index (χ3n) is 6.13. The van der Waals surface area contributed by atoms with E-state index < -0.39 is 0 Å². The molecule has 1 amide bonds. The fraction of sp³-hybridized carbons (Fsp3) is 0.185. The van der Waals surface area contributed by atoms with Gasteiger partial charge in [0.25, 0.3) is 5.91 Å². The van der Waals surface area contributed by atoms with Crippen molar-refractivity contribution in [2.75, 3.05) is 7.11 Å². The number of ether oxygens (including phenoxy) is 1. The van der Waals surface area contributed by atoms with Gasteiger partial charge in [0.1, 0.15) is 11.4 Å². The summed E-state index contributed by atoms with van der Waals surface area (Å²) in [6.07, 6.45) is 0.978. The van der Waals surface area contributed by atoms with E-state index in [4.69, 9.17) is 4.74 Å². The Bertz CT molecular complexity index is 1230. The summed E-state index contributed by atoms with van der Waals surface area (Å²) in [6, 6.07) is 26.3. The van der Waals surface area contributed by atoms with E-state index in [2.05, 4.69) is 53.5 Å². The molecule has 2 heterocycles. The molecule has 5 nitrogen and oxygen atoms in total. The molecule has 0 bridgehead atoms. The minimum Gasteiger partial charge on any atom is -0.497 e. The van der Waals surface area contributed by atoms with Crippen LogP contribution in [0.2, 0.25) is 0 Å². The molecule has 1 N–H and O–H groups in total. The highest BCUT2D eigenvalue weighted by Gasteiger charge is 2.42. The Hall–Kier alpha value is -3.86. The number of hydrogen-bond donors (Lipinski definition) is 1. The summed E-state index contributed by atoms with van der Waals surface area (Å²) in [5.74, 6) is 0.759. The first-order valence-electron chi connectivity index (χ1n) is 10.9. The maximum absolute atomic E-state index is 13.5. The van der Waals surface area contributed by atoms with Gasteiger partial charge in [0.05, 0.1) is 18.8 Å². The minimum absolute atomic E-state index is 0.0271. The molecule has 1 atom stereocenters. The quantitative estimate of drug-likeness (QED) is 0.452. The Kier molecular flexibility index (Phi) is 5.23. The van der Waals surface area contributed by atoms with E-state index in [1.54, 1.807) is 7.11 Å². The summed E-state index contributed by atoms with van der Waals surface area (Å²) < 4.78 is 5.30. The number of nitrogens with one attached hydrogen (secondary N) is 1. The molecule has 0 radical (unpaired) electrons. The molecular formula is C27H25N3O2. The van der Waals surface area contributed by atoms with Gasteiger partial charge in [-0.25, -0.2) is 0 Å². The number of aromatic amines is 1. The molecule has 160 valence electrons. The zero-order chi connectivity index (χ0) is 22.1. The van der Waals surface area contributed by atoms with Crippen molar-refractivity contribution >= 4 is 5.91 Å². The molecule has 5 heteroatoms. The number of H-pyrrole nitrogens is 1. The number of methoxy groups -OCH3 is 1. The number of nitrogens with zero attached hydrogens (tertiary/aromatic N) is 2. The predicted molar refractivity (Wildman–Crippen MR) is 125 cm³/mol. The van der Waals surface area contributed by atoms with Gasteiger partial charge < -0.3 is 9.64 Å². The van der Waals surface area contributed by atoms with Crippen molar-refractivity contribution in [3.8, 4) is 17.0 Å². The smallest absolute Gasteiger partial charge is 0.273 e. The average molecular weight is 424 g/mol. The first kappa shape index (κ1) is 20.1. The monoisotopic (exact) mass is 423 g/mol. The molecule has 1 aliphatic heterocycles. The van der Waals surface area contributed by atoms with Gasteiger partial charge in [0, 0.05) is 17.7 Å². The highest BCUT2D eigenvalue weighted by Crippen LogP contribution is 2.43. The molecular weight excluding hydrogens is 398 g/mol. The van der Waals surface area contributed by atoms with Crippen molar-refractivity contribution in [2.24, 2.45) is 0 Å². The van der Waals surface area contributed by atoms with Crippen LogP contribution in [0.5, 0.6) is 5.75 Å². The van der Waals surface area contributed by atoms with Crippen LogP contribution in [0.1, 0.15) is 45.7 Å². The number of carbonyl (C=O) groups is 1. The molecule has 1 aromatic heterocycles. The molecule has 32 heavy (non-hydrogen) atoms. The van der Waals surface area contributed by atoms with E-state index in [1.807, 2.05) is 47.4 Å². The third-order valence-corrected chi connectivity index (χ3v) is 6.13. The van der Waals surface area contributed by atoms with Crippen molar-refractivity contribution in [2.45, 2.75) is 25.9 Å². The Morgan fingerprint density at radius 1 is 0.938 bits per heavy atom. The van der Waals surface area contributed by atoms with Gasteiger partial charge in [-0.3, -0.25) is 9.89 Å². The van der Waals surface area contributed by atoms with Crippen LogP contribution < -0.4 is 4.74 Å². The zero-order valence-electron chi connectivity index (χ0n) is 18.2. The molecule has 0 aliphatic carbocycles. The largest absolute Gasteiger partial charge is 0.497 e. The summed E-state index contributed by atoms with van der Waals surface area (Å²) >= 11 is 0. The van der Waals surface area contributed by atoms with Crippen LogP contribution in [-0.2, 0) is 13.0 Å². The molecule has 4 aromatic rings. The predicted octanol–water partition coefficient (Wildman–Crippen LogP) is 5.39. The van der Waals surface area contributed by atoms with Gasteiger partial charge in [0.2, 0.25) is 0 Å². The van der Waals surface area contributed by atoms with E-state index in [0.717, 1.165) is 40.1 Å². The fourth-order valence-corrected chi connectivity index (χ4v) is 4.39. The summed E-state index contributed by atoms with van der Waals surface area (Å²) in [6.45, 7) is 2.68. The average Bonchev–Trinajstić information content (AvgIpc) is 3.39. The Morgan fingerprint density at radius 3 is 2.31 bits per heavy atom. The van der Waals surface area contributed by atoms with E-state index in [-0.39, 0.29) is 11.9 Å². The first-order chi connectivity index (χ1) is 15.7. The maximum atomic E-state index is 13.5. The molecule has 0 spiro atoms. The molecule has 0 saturated carbocycles. The van der Waals surface area contributed by atoms with E-state index in [9.17, 15) is 4.79 Å². The number of benzene rings is 3. The van der Waals surface area contributed by atoms with Crippen molar-refractivity contribution in [3.63, 3.8) is 0 Å². The number of aromatic nitrogens is 2. The summed E-state index contributed by atoms with van der Waals surface area (Å²) in [5.41, 5.74) is 6.71. The van der Waals surface area contributed by atoms with E-state index in [1.165, 1.54) is 5.56 Å². The first-order valence-corrected chi connectivity index (χ1v) is 10.9. The van der Waals surface area contributed by atoms with E-state index >= 15 is 0 Å². The van der Waals surface area contributed by atoms with Crippen LogP contribution in [0.15, 0.2) is 78.9 Å². The second kappa shape index (κ2) is 8.35. The highest BCUT2D eigenvalue weighted by molar-refractivity contribution is 6.00. The molecule has 5 rings (SSSR count). The third kappa shape index (κ3) is 3.46. The maximum Gasteiger partial charge on any atom is 0.273 e. The van der Waals surface area contributed by atoms with Crippen LogP contribution in [0.25, 0.3) is 11.3 Å². The Morgan fingerprint density at radius 2 is 1.66 bits per heavy atom. The zero-order valence-corrected chi connectivity index (χ0v) is 18.2. The van der Waals surface area contributed by atoms with Crippen molar-refractivity contribution in [3.05, 3.63) is 107 Å². The van der Waals surface area contributed by atoms with Crippen LogP contribution >= 0.6 is 0 Å². The SMILES string of the molecule is CCc1ccc(C2c3c(-c4ccc(OC)cc4)n[nH]c3C(=O)N2Cc2ccccc2)cc1. The second-order valence-electron chi connectivity index (χ2n) is 8.01. The van der Waals surface area contributed by atoms with Crippen LogP contribution in [-0.4, -0.2) is 28.1 Å². The Balaban J connectivity index is 1.62. The highest BCUT2D eigenvalue weighted by atomic mass is 16.5. The molecule has 0 fully saturated rings. The summed E-state index contributed by atoms with van der Waals surface area (Å²) in [5, 5.41) is 7.58. The van der Waals surface area contributed by atoms with Crippen molar-refractivity contribution in [1.82, 2.24) is 15.1 Å². The molecule has 3 aromatic carbocycles. The number of amides is 1. The van der Waals surface area contributed by atoms with Crippen molar-refractivity contribution < 1.29 is 9.53 Å². The summed E-state index contributed by atoms with van der Waals surface area (Å²) in [7, 11) is 1.65. The van der Waals surface area contributed by atoms with Crippen molar-refractivity contribution in [1.29, 1.82) is 0 Å². The second-order valence-corrected chi connectivity index (χ2v) is 8.01. The fourth-order valence-electron chi connectivity index (χ4n) is 4.39. The number of aryl methyl sites for hydroxylation is 1. The van der Waals surface area contributed by atoms with Gasteiger partial charge >= 0.3 is 0 Å². The van der Waals surface area contributed by atoms with Gasteiger partial charge in [0.15, 0.2) is 0 Å². The lowest BCUT2D eigenvalue weighted by Crippen LogP contribution is -2.29. The van der Waals surface area contributed by atoms with Gasteiger partial charge in [-0.05, 0) is 47.4 Å². The standard InChI is InChI=1S/C27H25N3O2/c1-3-18-9-11-21(12-10-18)26-23-24(20-13-15-22(32-2)16-14-20)28-29-25(23)27(31)30(26)17-19-7-5-4-6-8-19/h4-16,26H,3,17H2,1-2H3,(H,28,29). The van der Waals surface area contributed by atoms with Gasteiger partial charge in [-0.15, -0.1) is 0 Å². The molecule has 0 saturated heterocycles. The number of hydrogen-bond acceptors (Lipinski definition) is 3. The van der Waals surface area contributed by atoms with E-state index in [0.29, 0.717) is 12.2 Å². The van der Waals surface area contributed by atoms with Crippen LogP contribution in [0.3, 0.4) is 0 Å². The number of carbonyl (C=O) groups excluding carboxylic acids is 1. The van der Waals surface area contributed by atoms with Gasteiger partial charge in [-0.2, -0.15) is 5.10 Å². The normalized spacial score (nSPS) is 15.1. The number of fused-ring (bicyclic) bond motifs is 1. The minimum atomic E-state index is -0.209. The summed E-state index contributed by atoms with van der Waals surface area (Å²) in [4.78, 5) is 15.4. The van der Waals surface area contributed by atoms with Gasteiger partial charge in [-0.1, -0.05) is 61.5 Å². The molecule has 1 unspecified atom stereocenters. The Labute approximate surface area is 187 Å². The van der Waals surface area contributed by atoms with Crippen LogP contribution in [0.4, 0.5) is 0 Å². The lowest BCUT2D eigenvalue weighted by molar-refractivity contribution is 0.0730.